The third-order valence-corrected chi connectivity index (χ3v) is 4.76. The highest BCUT2D eigenvalue weighted by molar-refractivity contribution is 5.79. The molecule has 1 aromatic heterocycles. The van der Waals surface area contributed by atoms with Gasteiger partial charge in [0, 0.05) is 29.9 Å². The zero-order chi connectivity index (χ0) is 17.6. The maximum atomic E-state index is 12.6. The Labute approximate surface area is 148 Å². The molecule has 1 aliphatic carbocycles. The number of aromatic nitrogens is 1. The van der Waals surface area contributed by atoms with Crippen LogP contribution in [0, 0.1) is 5.92 Å². The van der Waals surface area contributed by atoms with Gasteiger partial charge in [-0.05, 0) is 37.0 Å². The van der Waals surface area contributed by atoms with Crippen molar-refractivity contribution in [2.24, 2.45) is 5.92 Å². The van der Waals surface area contributed by atoms with Gasteiger partial charge in [-0.3, -0.25) is 9.78 Å². The van der Waals surface area contributed by atoms with E-state index in [0.29, 0.717) is 12.3 Å². The van der Waals surface area contributed by atoms with E-state index in [0.717, 1.165) is 29.8 Å². The van der Waals surface area contributed by atoms with Gasteiger partial charge in [0.25, 0.3) is 0 Å². The lowest BCUT2D eigenvalue weighted by Gasteiger charge is -2.38. The zero-order valence-corrected chi connectivity index (χ0v) is 14.4. The van der Waals surface area contributed by atoms with Crippen molar-refractivity contribution in [1.82, 2.24) is 10.3 Å². The molecule has 1 saturated carbocycles. The molecule has 2 N–H and O–H groups in total. The minimum absolute atomic E-state index is 0.0134. The molecule has 0 saturated heterocycles. The quantitative estimate of drug-likeness (QED) is 0.810. The fourth-order valence-electron chi connectivity index (χ4n) is 3.32. The molecule has 1 heterocycles. The van der Waals surface area contributed by atoms with Crippen LogP contribution in [-0.2, 0) is 17.6 Å². The maximum Gasteiger partial charge on any atom is 0.224 e. The molecule has 0 radical (unpaired) electrons. The molecule has 1 amide bonds. The van der Waals surface area contributed by atoms with E-state index in [1.165, 1.54) is 0 Å². The molecule has 25 heavy (non-hydrogen) atoms. The number of nitrogens with one attached hydrogen (secondary N) is 1. The summed E-state index contributed by atoms with van der Waals surface area (Å²) in [5.41, 5.74) is 1.82. The molecule has 132 valence electrons. The maximum absolute atomic E-state index is 12.6. The Morgan fingerprint density at radius 1 is 1.28 bits per heavy atom. The largest absolute Gasteiger partial charge is 0.496 e. The Hall–Kier alpha value is -2.40. The summed E-state index contributed by atoms with van der Waals surface area (Å²) in [5.74, 6) is 0.975. The standard InChI is InChI=1S/C20H24N2O3/c1-25-19-8-3-2-6-14(19)12-20(24)22-18(15-10-17(23)11-15)13-16-7-4-5-9-21-16/h2-9,15,17-18,23H,10-13H2,1H3,(H,22,24)/t15?,17?,18-/m0/s1. The van der Waals surface area contributed by atoms with Crippen molar-refractivity contribution in [2.45, 2.75) is 37.8 Å². The van der Waals surface area contributed by atoms with E-state index < -0.39 is 0 Å². The van der Waals surface area contributed by atoms with Crippen molar-refractivity contribution in [3.63, 3.8) is 0 Å². The van der Waals surface area contributed by atoms with E-state index in [1.54, 1.807) is 13.3 Å². The van der Waals surface area contributed by atoms with Crippen LogP contribution >= 0.6 is 0 Å². The van der Waals surface area contributed by atoms with Crippen molar-refractivity contribution >= 4 is 5.91 Å². The van der Waals surface area contributed by atoms with Gasteiger partial charge in [0.15, 0.2) is 0 Å². The fourth-order valence-corrected chi connectivity index (χ4v) is 3.32. The predicted molar refractivity (Wildman–Crippen MR) is 95.3 cm³/mol. The average Bonchev–Trinajstić information content (AvgIpc) is 2.60. The van der Waals surface area contributed by atoms with E-state index in [-0.39, 0.29) is 24.5 Å². The minimum Gasteiger partial charge on any atom is -0.496 e. The number of rotatable bonds is 7. The number of carbonyl (C=O) groups excluding carboxylic acids is 1. The van der Waals surface area contributed by atoms with Gasteiger partial charge in [0.1, 0.15) is 5.75 Å². The third-order valence-electron chi connectivity index (χ3n) is 4.76. The van der Waals surface area contributed by atoms with Crippen molar-refractivity contribution in [2.75, 3.05) is 7.11 Å². The summed E-state index contributed by atoms with van der Waals surface area (Å²) in [4.78, 5) is 16.9. The first-order valence-corrected chi connectivity index (χ1v) is 8.65. The molecule has 1 atom stereocenters. The van der Waals surface area contributed by atoms with Gasteiger partial charge in [0.2, 0.25) is 5.91 Å². The summed E-state index contributed by atoms with van der Waals surface area (Å²) < 4.78 is 5.32. The van der Waals surface area contributed by atoms with Crippen LogP contribution in [0.25, 0.3) is 0 Å². The highest BCUT2D eigenvalue weighted by Gasteiger charge is 2.35. The number of aliphatic hydroxyl groups is 1. The Kier molecular flexibility index (Phi) is 5.66. The fraction of sp³-hybridized carbons (Fsp3) is 0.400. The first kappa shape index (κ1) is 17.4. The molecular weight excluding hydrogens is 316 g/mol. The molecule has 1 aromatic carbocycles. The van der Waals surface area contributed by atoms with Crippen LogP contribution in [0.3, 0.4) is 0 Å². The first-order valence-electron chi connectivity index (χ1n) is 8.65. The van der Waals surface area contributed by atoms with Crippen molar-refractivity contribution in [3.8, 4) is 5.75 Å². The van der Waals surface area contributed by atoms with Crippen LogP contribution < -0.4 is 10.1 Å². The Balaban J connectivity index is 1.66. The first-order chi connectivity index (χ1) is 12.2. The number of nitrogens with zero attached hydrogens (tertiary/aromatic N) is 1. The number of amides is 1. The number of ether oxygens (including phenoxy) is 1. The molecular formula is C20H24N2O3. The highest BCUT2D eigenvalue weighted by Crippen LogP contribution is 2.31. The second-order valence-electron chi connectivity index (χ2n) is 6.57. The van der Waals surface area contributed by atoms with Crippen LogP contribution in [-0.4, -0.2) is 35.3 Å². The number of hydrogen-bond donors (Lipinski definition) is 2. The van der Waals surface area contributed by atoms with Crippen LogP contribution in [0.2, 0.25) is 0 Å². The lowest BCUT2D eigenvalue weighted by Crippen LogP contribution is -2.48. The van der Waals surface area contributed by atoms with Gasteiger partial charge in [-0.15, -0.1) is 0 Å². The molecule has 5 heteroatoms. The molecule has 0 aliphatic heterocycles. The van der Waals surface area contributed by atoms with Gasteiger partial charge in [0.05, 0.1) is 19.6 Å². The molecule has 3 rings (SSSR count). The molecule has 1 aliphatic rings. The number of aliphatic hydroxyl groups excluding tert-OH is 1. The van der Waals surface area contributed by atoms with Gasteiger partial charge < -0.3 is 15.2 Å². The lowest BCUT2D eigenvalue weighted by atomic mass is 9.76. The number of para-hydroxylation sites is 1. The van der Waals surface area contributed by atoms with Crippen LogP contribution in [0.15, 0.2) is 48.7 Å². The van der Waals surface area contributed by atoms with Crippen LogP contribution in [0.1, 0.15) is 24.1 Å². The Morgan fingerprint density at radius 2 is 2.04 bits per heavy atom. The molecule has 0 unspecified atom stereocenters. The SMILES string of the molecule is COc1ccccc1CC(=O)N[C@@H](Cc1ccccn1)C1CC(O)C1. The molecule has 0 bridgehead atoms. The summed E-state index contributed by atoms with van der Waals surface area (Å²) in [6.07, 6.45) is 3.92. The van der Waals surface area contributed by atoms with E-state index in [2.05, 4.69) is 10.3 Å². The summed E-state index contributed by atoms with van der Waals surface area (Å²) in [6, 6.07) is 13.3. The van der Waals surface area contributed by atoms with Gasteiger partial charge in [-0.1, -0.05) is 24.3 Å². The van der Waals surface area contributed by atoms with Crippen molar-refractivity contribution < 1.29 is 14.6 Å². The topological polar surface area (TPSA) is 71.5 Å². The predicted octanol–water partition coefficient (Wildman–Crippen LogP) is 2.13. The summed E-state index contributed by atoms with van der Waals surface area (Å²) in [6.45, 7) is 0. The smallest absolute Gasteiger partial charge is 0.224 e. The lowest BCUT2D eigenvalue weighted by molar-refractivity contribution is -0.122. The van der Waals surface area contributed by atoms with Gasteiger partial charge >= 0.3 is 0 Å². The van der Waals surface area contributed by atoms with Crippen molar-refractivity contribution in [3.05, 3.63) is 59.9 Å². The van der Waals surface area contributed by atoms with E-state index in [1.807, 2.05) is 42.5 Å². The number of benzene rings is 1. The zero-order valence-electron chi connectivity index (χ0n) is 14.4. The van der Waals surface area contributed by atoms with Crippen molar-refractivity contribution in [1.29, 1.82) is 0 Å². The van der Waals surface area contributed by atoms with Gasteiger partial charge in [-0.25, -0.2) is 0 Å². The number of pyridine rings is 1. The monoisotopic (exact) mass is 340 g/mol. The Bertz CT molecular complexity index is 699. The third kappa shape index (κ3) is 4.57. The van der Waals surface area contributed by atoms with Gasteiger partial charge in [-0.2, -0.15) is 0 Å². The number of hydrogen-bond acceptors (Lipinski definition) is 4. The van der Waals surface area contributed by atoms with E-state index in [9.17, 15) is 9.90 Å². The second-order valence-corrected chi connectivity index (χ2v) is 6.57. The molecule has 2 aromatic rings. The van der Waals surface area contributed by atoms with E-state index >= 15 is 0 Å². The van der Waals surface area contributed by atoms with E-state index in [4.69, 9.17) is 4.74 Å². The van der Waals surface area contributed by atoms with Crippen LogP contribution in [0.4, 0.5) is 0 Å². The Morgan fingerprint density at radius 3 is 2.72 bits per heavy atom. The molecule has 1 fully saturated rings. The molecule has 5 nitrogen and oxygen atoms in total. The summed E-state index contributed by atoms with van der Waals surface area (Å²) >= 11 is 0. The highest BCUT2D eigenvalue weighted by atomic mass is 16.5. The summed E-state index contributed by atoms with van der Waals surface area (Å²) in [7, 11) is 1.61. The minimum atomic E-state index is -0.248. The number of carbonyl (C=O) groups is 1. The summed E-state index contributed by atoms with van der Waals surface area (Å²) in [5, 5.41) is 12.8. The van der Waals surface area contributed by atoms with Crippen LogP contribution in [0.5, 0.6) is 5.75 Å². The average molecular weight is 340 g/mol. The molecule has 0 spiro atoms. The second kappa shape index (κ2) is 8.12. The normalized spacial score (nSPS) is 20.4. The number of methoxy groups -OCH3 is 1.